The summed E-state index contributed by atoms with van der Waals surface area (Å²) in [6.07, 6.45) is 6.53. The fourth-order valence-corrected chi connectivity index (χ4v) is 5.66. The Morgan fingerprint density at radius 1 is 1.06 bits per heavy atom. The summed E-state index contributed by atoms with van der Waals surface area (Å²) in [7, 11) is -3.71. The molecule has 1 heterocycles. The van der Waals surface area contributed by atoms with E-state index in [0.717, 1.165) is 25.7 Å². The highest BCUT2D eigenvalue weighted by Gasteiger charge is 2.29. The Balaban J connectivity index is 1.70. The van der Waals surface area contributed by atoms with Crippen molar-refractivity contribution in [3.8, 4) is 0 Å². The minimum Gasteiger partial charge on any atom is -0.379 e. The molecule has 2 N–H and O–H groups in total. The number of benzene rings is 1. The molecule has 1 aromatic carbocycles. The molecule has 0 aromatic heterocycles. The van der Waals surface area contributed by atoms with Crippen LogP contribution in [0.4, 0.5) is 0 Å². The van der Waals surface area contributed by atoms with Crippen LogP contribution in [0.25, 0.3) is 0 Å². The van der Waals surface area contributed by atoms with Gasteiger partial charge in [0.15, 0.2) is 0 Å². The summed E-state index contributed by atoms with van der Waals surface area (Å²) in [5, 5.41) is 5.92. The first kappa shape index (κ1) is 24.7. The van der Waals surface area contributed by atoms with Gasteiger partial charge in [-0.05, 0) is 37.0 Å². The van der Waals surface area contributed by atoms with E-state index in [9.17, 15) is 18.0 Å². The van der Waals surface area contributed by atoms with Crippen molar-refractivity contribution < 1.29 is 22.7 Å². The lowest BCUT2D eigenvalue weighted by atomic mass is 10.0. The molecular weight excluding hydrogens is 430 g/mol. The van der Waals surface area contributed by atoms with Gasteiger partial charge in [0, 0.05) is 24.7 Å². The molecular formula is C23H35N3O5S. The fraction of sp³-hybridized carbons (Fsp3) is 0.652. The molecule has 0 bridgehead atoms. The molecule has 1 aromatic rings. The van der Waals surface area contributed by atoms with Crippen LogP contribution in [0.1, 0.15) is 62.7 Å². The normalized spacial score (nSPS) is 19.8. The number of rotatable bonds is 7. The third kappa shape index (κ3) is 6.30. The zero-order chi connectivity index (χ0) is 23.1. The Morgan fingerprint density at radius 2 is 1.72 bits per heavy atom. The molecule has 1 saturated heterocycles. The Labute approximate surface area is 191 Å². The predicted octanol–water partition coefficient (Wildman–Crippen LogP) is 2.30. The number of sulfonamides is 1. The van der Waals surface area contributed by atoms with E-state index in [-0.39, 0.29) is 41.4 Å². The van der Waals surface area contributed by atoms with Crippen LogP contribution in [-0.4, -0.2) is 62.9 Å². The second kappa shape index (κ2) is 11.2. The lowest BCUT2D eigenvalue weighted by molar-refractivity contribution is -0.124. The van der Waals surface area contributed by atoms with E-state index in [1.54, 1.807) is 12.1 Å². The zero-order valence-corrected chi connectivity index (χ0v) is 19.8. The monoisotopic (exact) mass is 465 g/mol. The number of carbonyl (C=O) groups excluding carboxylic acids is 2. The van der Waals surface area contributed by atoms with Crippen molar-refractivity contribution in [1.82, 2.24) is 14.9 Å². The second-order valence-corrected chi connectivity index (χ2v) is 10.9. The van der Waals surface area contributed by atoms with E-state index in [1.807, 2.05) is 13.8 Å². The maximum atomic E-state index is 12.9. The van der Waals surface area contributed by atoms with Crippen molar-refractivity contribution in [3.63, 3.8) is 0 Å². The van der Waals surface area contributed by atoms with Gasteiger partial charge in [-0.2, -0.15) is 4.31 Å². The highest BCUT2D eigenvalue weighted by atomic mass is 32.2. The lowest BCUT2D eigenvalue weighted by Gasteiger charge is -2.26. The van der Waals surface area contributed by atoms with Crippen LogP contribution in [0.15, 0.2) is 29.2 Å². The van der Waals surface area contributed by atoms with Gasteiger partial charge in [0.05, 0.1) is 18.1 Å². The number of hydrogen-bond acceptors (Lipinski definition) is 5. The lowest BCUT2D eigenvalue weighted by Crippen LogP contribution is -2.52. The first-order valence-electron chi connectivity index (χ1n) is 11.6. The average molecular weight is 466 g/mol. The molecule has 1 aliphatic heterocycles. The average Bonchev–Trinajstić information content (AvgIpc) is 3.06. The van der Waals surface area contributed by atoms with Gasteiger partial charge >= 0.3 is 0 Å². The first-order chi connectivity index (χ1) is 15.3. The molecule has 0 spiro atoms. The Bertz CT molecular complexity index is 889. The van der Waals surface area contributed by atoms with Gasteiger partial charge in [-0.15, -0.1) is 0 Å². The van der Waals surface area contributed by atoms with Crippen molar-refractivity contribution in [2.75, 3.05) is 26.3 Å². The standard InChI is InChI=1S/C23H35N3O5S/c1-17(2)21(23(28)24-19-9-5-3-4-6-10-19)25-22(27)18-8-7-11-20(16-18)32(29,30)26-12-14-31-15-13-26/h7-8,11,16-17,19,21H,3-6,9-10,12-15H2,1-2H3,(H,24,28)(H,25,27)/t21-/m0/s1. The summed E-state index contributed by atoms with van der Waals surface area (Å²) < 4.78 is 32.4. The highest BCUT2D eigenvalue weighted by molar-refractivity contribution is 7.89. The molecule has 8 nitrogen and oxygen atoms in total. The molecule has 32 heavy (non-hydrogen) atoms. The van der Waals surface area contributed by atoms with Gasteiger partial charge in [-0.25, -0.2) is 8.42 Å². The number of morpholine rings is 1. The van der Waals surface area contributed by atoms with Crippen LogP contribution in [0.2, 0.25) is 0 Å². The quantitative estimate of drug-likeness (QED) is 0.601. The van der Waals surface area contributed by atoms with Gasteiger partial charge in [0.2, 0.25) is 15.9 Å². The van der Waals surface area contributed by atoms with Gasteiger partial charge in [-0.3, -0.25) is 9.59 Å². The Hall–Kier alpha value is -1.97. The van der Waals surface area contributed by atoms with Crippen LogP contribution in [0.5, 0.6) is 0 Å². The molecule has 2 aliphatic rings. The number of nitrogens with one attached hydrogen (secondary N) is 2. The number of nitrogens with zero attached hydrogens (tertiary/aromatic N) is 1. The number of carbonyl (C=O) groups is 2. The molecule has 0 radical (unpaired) electrons. The maximum absolute atomic E-state index is 12.9. The van der Waals surface area contributed by atoms with Gasteiger partial charge < -0.3 is 15.4 Å². The van der Waals surface area contributed by atoms with Gasteiger partial charge in [0.25, 0.3) is 5.91 Å². The molecule has 2 amide bonds. The minimum absolute atomic E-state index is 0.0658. The van der Waals surface area contributed by atoms with Gasteiger partial charge in [0.1, 0.15) is 6.04 Å². The molecule has 9 heteroatoms. The fourth-order valence-electron chi connectivity index (χ4n) is 4.21. The van der Waals surface area contributed by atoms with E-state index in [1.165, 1.54) is 29.3 Å². The van der Waals surface area contributed by atoms with E-state index in [4.69, 9.17) is 4.74 Å². The summed E-state index contributed by atoms with van der Waals surface area (Å²) in [5.74, 6) is -0.749. The number of hydrogen-bond donors (Lipinski definition) is 2. The molecule has 1 aliphatic carbocycles. The van der Waals surface area contributed by atoms with Crippen LogP contribution in [0.3, 0.4) is 0 Å². The predicted molar refractivity (Wildman–Crippen MR) is 122 cm³/mol. The molecule has 2 fully saturated rings. The van der Waals surface area contributed by atoms with Crippen molar-refractivity contribution in [2.24, 2.45) is 5.92 Å². The topological polar surface area (TPSA) is 105 Å². The molecule has 3 rings (SSSR count). The molecule has 1 saturated carbocycles. The van der Waals surface area contributed by atoms with E-state index in [0.29, 0.717) is 13.2 Å². The summed E-state index contributed by atoms with van der Waals surface area (Å²) in [5.41, 5.74) is 0.215. The zero-order valence-electron chi connectivity index (χ0n) is 19.0. The van der Waals surface area contributed by atoms with E-state index < -0.39 is 22.0 Å². The summed E-state index contributed by atoms with van der Waals surface area (Å²) in [6.45, 7) is 5.05. The van der Waals surface area contributed by atoms with E-state index >= 15 is 0 Å². The molecule has 1 atom stereocenters. The van der Waals surface area contributed by atoms with Gasteiger partial charge in [-0.1, -0.05) is 45.6 Å². The van der Waals surface area contributed by atoms with Crippen molar-refractivity contribution in [2.45, 2.75) is 69.4 Å². The largest absolute Gasteiger partial charge is 0.379 e. The molecule has 0 unspecified atom stereocenters. The SMILES string of the molecule is CC(C)[C@H](NC(=O)c1cccc(S(=O)(=O)N2CCOCC2)c1)C(=O)NC1CCCCCC1. The second-order valence-electron chi connectivity index (χ2n) is 8.94. The third-order valence-corrected chi connectivity index (χ3v) is 8.04. The summed E-state index contributed by atoms with van der Waals surface area (Å²) >= 11 is 0. The first-order valence-corrected chi connectivity index (χ1v) is 13.0. The number of amides is 2. The van der Waals surface area contributed by atoms with Crippen LogP contribution >= 0.6 is 0 Å². The summed E-state index contributed by atoms with van der Waals surface area (Å²) in [4.78, 5) is 25.9. The van der Waals surface area contributed by atoms with E-state index in [2.05, 4.69) is 10.6 Å². The maximum Gasteiger partial charge on any atom is 0.251 e. The summed E-state index contributed by atoms with van der Waals surface area (Å²) in [6, 6.07) is 5.43. The third-order valence-electron chi connectivity index (χ3n) is 6.14. The minimum atomic E-state index is -3.71. The molecule has 178 valence electrons. The van der Waals surface area contributed by atoms with Crippen LogP contribution in [-0.2, 0) is 19.6 Å². The number of ether oxygens (including phenoxy) is 1. The Morgan fingerprint density at radius 3 is 2.34 bits per heavy atom. The van der Waals surface area contributed by atoms with Crippen molar-refractivity contribution in [1.29, 1.82) is 0 Å². The van der Waals surface area contributed by atoms with Crippen molar-refractivity contribution >= 4 is 21.8 Å². The van der Waals surface area contributed by atoms with Crippen LogP contribution in [0, 0.1) is 5.92 Å². The van der Waals surface area contributed by atoms with Crippen molar-refractivity contribution in [3.05, 3.63) is 29.8 Å². The smallest absolute Gasteiger partial charge is 0.251 e. The highest BCUT2D eigenvalue weighted by Crippen LogP contribution is 2.20. The van der Waals surface area contributed by atoms with Crippen LogP contribution < -0.4 is 10.6 Å². The Kier molecular flexibility index (Phi) is 8.67.